The maximum Gasteiger partial charge on any atom is 0.0454 e. The van der Waals surface area contributed by atoms with Gasteiger partial charge in [0.05, 0.1) is 0 Å². The summed E-state index contributed by atoms with van der Waals surface area (Å²) >= 11 is 3.73. The van der Waals surface area contributed by atoms with Crippen LogP contribution in [-0.2, 0) is 0 Å². The van der Waals surface area contributed by atoms with E-state index in [0.717, 1.165) is 17.2 Å². The Balaban J connectivity index is 1.79. The van der Waals surface area contributed by atoms with Crippen LogP contribution < -0.4 is 5.73 Å². The lowest BCUT2D eigenvalue weighted by Gasteiger charge is -2.06. The third kappa shape index (κ3) is 4.51. The molecule has 0 aliphatic heterocycles. The lowest BCUT2D eigenvalue weighted by Crippen LogP contribution is -1.91. The molecule has 0 saturated heterocycles. The van der Waals surface area contributed by atoms with Gasteiger partial charge < -0.3 is 5.73 Å². The predicted octanol–water partition coefficient (Wildman–Crippen LogP) is 4.77. The third-order valence-corrected chi connectivity index (χ3v) is 5.16. The number of aryl methyl sites for hydroxylation is 2. The van der Waals surface area contributed by atoms with E-state index in [-0.39, 0.29) is 0 Å². The zero-order valence-electron chi connectivity index (χ0n) is 11.3. The van der Waals surface area contributed by atoms with Crippen molar-refractivity contribution in [1.29, 1.82) is 0 Å². The first kappa shape index (κ1) is 14.4. The van der Waals surface area contributed by atoms with Crippen molar-refractivity contribution >= 4 is 29.2 Å². The zero-order valence-corrected chi connectivity index (χ0v) is 13.0. The lowest BCUT2D eigenvalue weighted by molar-refractivity contribution is 1.36. The summed E-state index contributed by atoms with van der Waals surface area (Å²) in [6.07, 6.45) is 0. The molecule has 0 atom stereocenters. The number of hydrogen-bond acceptors (Lipinski definition) is 3. The van der Waals surface area contributed by atoms with E-state index >= 15 is 0 Å². The minimum atomic E-state index is 0.894. The van der Waals surface area contributed by atoms with Crippen molar-refractivity contribution in [3.05, 3.63) is 53.6 Å². The van der Waals surface area contributed by atoms with E-state index in [4.69, 9.17) is 5.73 Å². The van der Waals surface area contributed by atoms with Gasteiger partial charge in [-0.15, -0.1) is 23.5 Å². The number of thioether (sulfide) groups is 2. The Bertz CT molecular complexity index is 535. The molecule has 0 aromatic heterocycles. The van der Waals surface area contributed by atoms with Gasteiger partial charge in [-0.2, -0.15) is 0 Å². The molecule has 2 rings (SSSR count). The Labute approximate surface area is 124 Å². The molecule has 19 heavy (non-hydrogen) atoms. The molecular formula is C16H19NS2. The molecule has 0 radical (unpaired) electrons. The van der Waals surface area contributed by atoms with Gasteiger partial charge >= 0.3 is 0 Å². The molecule has 0 aliphatic carbocycles. The van der Waals surface area contributed by atoms with Crippen molar-refractivity contribution < 1.29 is 0 Å². The van der Waals surface area contributed by atoms with Crippen molar-refractivity contribution in [3.63, 3.8) is 0 Å². The molecule has 0 unspecified atom stereocenters. The van der Waals surface area contributed by atoms with E-state index in [1.807, 2.05) is 29.6 Å². The second-order valence-electron chi connectivity index (χ2n) is 4.55. The Morgan fingerprint density at radius 3 is 2.16 bits per heavy atom. The van der Waals surface area contributed by atoms with Crippen molar-refractivity contribution in [3.8, 4) is 0 Å². The summed E-state index contributed by atoms with van der Waals surface area (Å²) in [5, 5.41) is 0. The van der Waals surface area contributed by atoms with Gasteiger partial charge in [-0.05, 0) is 43.7 Å². The zero-order chi connectivity index (χ0) is 13.7. The smallest absolute Gasteiger partial charge is 0.0454 e. The third-order valence-electron chi connectivity index (χ3n) is 2.80. The number of rotatable bonds is 5. The van der Waals surface area contributed by atoms with Gasteiger partial charge in [0.15, 0.2) is 0 Å². The summed E-state index contributed by atoms with van der Waals surface area (Å²) in [6, 6.07) is 15.0. The van der Waals surface area contributed by atoms with E-state index in [9.17, 15) is 0 Å². The fourth-order valence-electron chi connectivity index (χ4n) is 1.74. The highest BCUT2D eigenvalue weighted by molar-refractivity contribution is 8.03. The van der Waals surface area contributed by atoms with Crippen LogP contribution in [-0.4, -0.2) is 11.5 Å². The molecule has 2 aromatic carbocycles. The molecule has 100 valence electrons. The van der Waals surface area contributed by atoms with Gasteiger partial charge in [-0.1, -0.05) is 23.8 Å². The molecule has 2 aromatic rings. The Kier molecular flexibility index (Phi) is 5.23. The average molecular weight is 289 g/mol. The number of nitrogen functional groups attached to an aromatic ring is 1. The number of hydrogen-bond donors (Lipinski definition) is 1. The summed E-state index contributed by atoms with van der Waals surface area (Å²) in [7, 11) is 0. The molecule has 3 heteroatoms. The van der Waals surface area contributed by atoms with Crippen LogP contribution >= 0.6 is 23.5 Å². The minimum Gasteiger partial charge on any atom is -0.398 e. The molecule has 1 nitrogen and oxygen atoms in total. The van der Waals surface area contributed by atoms with Crippen molar-refractivity contribution in [2.45, 2.75) is 23.6 Å². The largest absolute Gasteiger partial charge is 0.398 e. The number of nitrogens with two attached hydrogens (primary N) is 1. The van der Waals surface area contributed by atoms with Crippen LogP contribution in [0, 0.1) is 13.8 Å². The van der Waals surface area contributed by atoms with E-state index in [0.29, 0.717) is 0 Å². The summed E-state index contributed by atoms with van der Waals surface area (Å²) < 4.78 is 0. The molecule has 0 amide bonds. The summed E-state index contributed by atoms with van der Waals surface area (Å²) in [5.74, 6) is 2.17. The number of anilines is 1. The number of benzene rings is 2. The normalized spacial score (nSPS) is 10.6. The molecule has 0 saturated carbocycles. The molecule has 0 fully saturated rings. The standard InChI is InChI=1S/C16H19NS2/c1-12-3-6-14(7-4-12)18-9-10-19-16-8-5-13(2)11-15(16)17/h3-8,11H,9-10,17H2,1-2H3. The van der Waals surface area contributed by atoms with E-state index in [1.165, 1.54) is 20.9 Å². The van der Waals surface area contributed by atoms with Crippen molar-refractivity contribution in [2.75, 3.05) is 17.2 Å². The maximum absolute atomic E-state index is 6.00. The van der Waals surface area contributed by atoms with Crippen LogP contribution in [0.25, 0.3) is 0 Å². The topological polar surface area (TPSA) is 26.0 Å². The first-order valence-corrected chi connectivity index (χ1v) is 8.30. The Morgan fingerprint density at radius 2 is 1.47 bits per heavy atom. The summed E-state index contributed by atoms with van der Waals surface area (Å²) in [5.41, 5.74) is 9.43. The van der Waals surface area contributed by atoms with Gasteiger partial charge in [0, 0.05) is 27.0 Å². The van der Waals surface area contributed by atoms with Crippen molar-refractivity contribution in [2.24, 2.45) is 0 Å². The SMILES string of the molecule is Cc1ccc(SCCSc2ccc(C)cc2N)cc1. The highest BCUT2D eigenvalue weighted by Gasteiger charge is 2.00. The molecule has 0 aliphatic rings. The van der Waals surface area contributed by atoms with Crippen LogP contribution in [0.3, 0.4) is 0 Å². The summed E-state index contributed by atoms with van der Waals surface area (Å²) in [4.78, 5) is 2.53. The molecule has 0 spiro atoms. The van der Waals surface area contributed by atoms with E-state index < -0.39 is 0 Å². The van der Waals surface area contributed by atoms with Crippen LogP contribution in [0.4, 0.5) is 5.69 Å². The van der Waals surface area contributed by atoms with Gasteiger partial charge in [0.2, 0.25) is 0 Å². The van der Waals surface area contributed by atoms with Crippen LogP contribution in [0.5, 0.6) is 0 Å². The van der Waals surface area contributed by atoms with E-state index in [1.54, 1.807) is 0 Å². The van der Waals surface area contributed by atoms with Crippen LogP contribution in [0.1, 0.15) is 11.1 Å². The van der Waals surface area contributed by atoms with Crippen molar-refractivity contribution in [1.82, 2.24) is 0 Å². The molecule has 0 bridgehead atoms. The monoisotopic (exact) mass is 289 g/mol. The van der Waals surface area contributed by atoms with Gasteiger partial charge in [0.25, 0.3) is 0 Å². The first-order chi connectivity index (χ1) is 9.15. The Hall–Kier alpha value is -1.06. The second kappa shape index (κ2) is 6.92. The fourth-order valence-corrected chi connectivity index (χ4v) is 3.59. The predicted molar refractivity (Wildman–Crippen MR) is 88.2 cm³/mol. The minimum absolute atomic E-state index is 0.894. The maximum atomic E-state index is 6.00. The molecule has 0 heterocycles. The average Bonchev–Trinajstić information content (AvgIpc) is 2.39. The van der Waals surface area contributed by atoms with Crippen LogP contribution in [0.2, 0.25) is 0 Å². The highest BCUT2D eigenvalue weighted by atomic mass is 32.2. The Morgan fingerprint density at radius 1 is 0.842 bits per heavy atom. The summed E-state index contributed by atoms with van der Waals surface area (Å²) in [6.45, 7) is 4.18. The fraction of sp³-hybridized carbons (Fsp3) is 0.250. The highest BCUT2D eigenvalue weighted by Crippen LogP contribution is 2.27. The quantitative estimate of drug-likeness (QED) is 0.488. The van der Waals surface area contributed by atoms with Gasteiger partial charge in [-0.3, -0.25) is 0 Å². The molecular weight excluding hydrogens is 270 g/mol. The first-order valence-electron chi connectivity index (χ1n) is 6.33. The second-order valence-corrected chi connectivity index (χ2v) is 6.86. The lowest BCUT2D eigenvalue weighted by atomic mass is 10.2. The van der Waals surface area contributed by atoms with E-state index in [2.05, 4.69) is 50.2 Å². The van der Waals surface area contributed by atoms with Crippen LogP contribution in [0.15, 0.2) is 52.3 Å². The molecule has 2 N–H and O–H groups in total. The van der Waals surface area contributed by atoms with Gasteiger partial charge in [-0.25, -0.2) is 0 Å². The van der Waals surface area contributed by atoms with Gasteiger partial charge in [0.1, 0.15) is 0 Å².